The van der Waals surface area contributed by atoms with Gasteiger partial charge in [0.05, 0.1) is 11.2 Å². The van der Waals surface area contributed by atoms with Crippen LogP contribution in [0, 0.1) is 34.0 Å². The molecule has 0 aromatic carbocycles. The van der Waals surface area contributed by atoms with Crippen molar-refractivity contribution in [2.75, 3.05) is 0 Å². The Kier molecular flexibility index (Phi) is 6.39. The number of ether oxygens (including phenoxy) is 1. The Morgan fingerprint density at radius 2 is 1.66 bits per heavy atom. The molecule has 3 N–H and O–H groups in total. The van der Waals surface area contributed by atoms with Crippen molar-refractivity contribution in [1.82, 2.24) is 0 Å². The average Bonchev–Trinajstić information content (AvgIpc) is 3.34. The average molecular weight is 493 g/mol. The zero-order valence-electron chi connectivity index (χ0n) is 23.7. The lowest BCUT2D eigenvalue weighted by atomic mass is 9.40. The zero-order chi connectivity index (χ0) is 26.3. The van der Waals surface area contributed by atoms with Crippen LogP contribution in [0.1, 0.15) is 126 Å². The summed E-state index contributed by atoms with van der Waals surface area (Å²) in [6, 6.07) is 0. The Bertz CT molecular complexity index is 841. The first kappa shape index (κ1) is 27.4. The number of rotatable bonds is 9. The number of carbonyl (C=O) groups is 1. The fraction of sp³-hybridized carbons (Fsp3) is 0.967. The van der Waals surface area contributed by atoms with E-state index >= 15 is 0 Å². The molecule has 4 rings (SSSR count). The minimum Gasteiger partial charge on any atom is -0.481 e. The lowest BCUT2D eigenvalue weighted by molar-refractivity contribution is -0.145. The van der Waals surface area contributed by atoms with Gasteiger partial charge in [-0.1, -0.05) is 40.5 Å². The third kappa shape index (κ3) is 3.76. The second-order valence-corrected chi connectivity index (χ2v) is 14.9. The molecule has 35 heavy (non-hydrogen) atoms. The van der Waals surface area contributed by atoms with E-state index in [1.807, 2.05) is 27.7 Å². The summed E-state index contributed by atoms with van der Waals surface area (Å²) in [5, 5.41) is 31.0. The van der Waals surface area contributed by atoms with Crippen molar-refractivity contribution in [3.8, 4) is 0 Å². The minimum absolute atomic E-state index is 0.0240. The smallest absolute Gasteiger partial charge is 0.303 e. The third-order valence-corrected chi connectivity index (χ3v) is 12.2. The lowest BCUT2D eigenvalue weighted by Crippen LogP contribution is -2.65. The Morgan fingerprint density at radius 3 is 2.23 bits per heavy atom. The molecule has 1 saturated heterocycles. The number of epoxide rings is 1. The number of aliphatic hydroxyl groups is 2. The van der Waals surface area contributed by atoms with E-state index in [-0.39, 0.29) is 39.8 Å². The van der Waals surface area contributed by atoms with Gasteiger partial charge in [-0.25, -0.2) is 0 Å². The molecule has 0 spiro atoms. The van der Waals surface area contributed by atoms with Crippen LogP contribution in [0.3, 0.4) is 0 Å². The van der Waals surface area contributed by atoms with Crippen LogP contribution in [-0.2, 0) is 9.53 Å². The van der Waals surface area contributed by atoms with Gasteiger partial charge in [0.25, 0.3) is 0 Å². The Labute approximate surface area is 213 Å². The number of hydrogen-bond acceptors (Lipinski definition) is 4. The SMILES string of the molecule is C[C@H](CCCC(C)(C)O)[C@H]1CC[C@@]2(C)[C@@]34CC[C@@H](C(C)(C)O)[C@](C)(CCC(=O)O)[C@]3(CC[C@]12C)O4. The van der Waals surface area contributed by atoms with Gasteiger partial charge in [0.1, 0.15) is 11.2 Å². The fourth-order valence-corrected chi connectivity index (χ4v) is 10.3. The molecule has 5 nitrogen and oxygen atoms in total. The molecule has 5 heteroatoms. The van der Waals surface area contributed by atoms with E-state index < -0.39 is 17.2 Å². The van der Waals surface area contributed by atoms with Gasteiger partial charge >= 0.3 is 5.97 Å². The van der Waals surface area contributed by atoms with Gasteiger partial charge in [0, 0.05) is 17.3 Å². The van der Waals surface area contributed by atoms with E-state index in [9.17, 15) is 20.1 Å². The van der Waals surface area contributed by atoms with Gasteiger partial charge in [-0.15, -0.1) is 0 Å². The van der Waals surface area contributed by atoms with Crippen LogP contribution in [0.5, 0.6) is 0 Å². The maximum absolute atomic E-state index is 11.7. The van der Waals surface area contributed by atoms with Crippen LogP contribution < -0.4 is 0 Å². The van der Waals surface area contributed by atoms with E-state index in [0.29, 0.717) is 18.3 Å². The number of aliphatic carboxylic acids is 1. The summed E-state index contributed by atoms with van der Waals surface area (Å²) in [7, 11) is 0. The molecule has 0 aromatic rings. The molecule has 0 bridgehead atoms. The standard InChI is InChI=1S/C30H52O5/c1-20(10-9-14-24(2,3)33)21-11-16-28(8)26(21,6)18-19-29-27(7,15-13-23(31)32)22(25(4,5)34)12-17-30(28,29)35-29/h20-22,33-34H,9-19H2,1-8H3,(H,31,32)/t20-,21-,22+,26-,27+,28-,29+,30+/m1/s1. The highest BCUT2D eigenvalue weighted by Crippen LogP contribution is 2.85. The summed E-state index contributed by atoms with van der Waals surface area (Å²) in [4.78, 5) is 11.7. The van der Waals surface area contributed by atoms with Gasteiger partial charge in [0.2, 0.25) is 0 Å². The van der Waals surface area contributed by atoms with Crippen LogP contribution in [0.2, 0.25) is 0 Å². The molecular weight excluding hydrogens is 440 g/mol. The third-order valence-electron chi connectivity index (χ3n) is 12.2. The molecule has 0 radical (unpaired) electrons. The van der Waals surface area contributed by atoms with Crippen molar-refractivity contribution in [1.29, 1.82) is 0 Å². The highest BCUT2D eigenvalue weighted by Gasteiger charge is 2.89. The first-order valence-electron chi connectivity index (χ1n) is 14.3. The topological polar surface area (TPSA) is 90.3 Å². The normalized spacial score (nSPS) is 45.9. The molecule has 202 valence electrons. The van der Waals surface area contributed by atoms with Crippen molar-refractivity contribution in [2.24, 2.45) is 34.0 Å². The minimum atomic E-state index is -0.866. The van der Waals surface area contributed by atoms with Crippen LogP contribution in [0.4, 0.5) is 0 Å². The highest BCUT2D eigenvalue weighted by atomic mass is 16.6. The molecule has 4 fully saturated rings. The lowest BCUT2D eigenvalue weighted by Gasteiger charge is -2.61. The largest absolute Gasteiger partial charge is 0.481 e. The predicted molar refractivity (Wildman–Crippen MR) is 138 cm³/mol. The molecule has 4 aliphatic rings. The van der Waals surface area contributed by atoms with Crippen molar-refractivity contribution < 1.29 is 24.9 Å². The van der Waals surface area contributed by atoms with Gasteiger partial charge in [-0.3, -0.25) is 4.79 Å². The van der Waals surface area contributed by atoms with E-state index in [1.54, 1.807) is 0 Å². The Hall–Kier alpha value is -0.650. The van der Waals surface area contributed by atoms with Crippen molar-refractivity contribution in [3.63, 3.8) is 0 Å². The Balaban J connectivity index is 1.63. The van der Waals surface area contributed by atoms with Crippen molar-refractivity contribution in [3.05, 3.63) is 0 Å². The summed E-state index contributed by atoms with van der Waals surface area (Å²) in [6.07, 6.45) is 10.0. The highest BCUT2D eigenvalue weighted by molar-refractivity contribution is 5.66. The predicted octanol–water partition coefficient (Wildman–Crippen LogP) is 6.34. The fourth-order valence-electron chi connectivity index (χ4n) is 10.3. The molecule has 3 aliphatic carbocycles. The Morgan fingerprint density at radius 1 is 1.00 bits per heavy atom. The van der Waals surface area contributed by atoms with Crippen LogP contribution in [-0.4, -0.2) is 43.7 Å². The maximum Gasteiger partial charge on any atom is 0.303 e. The molecule has 3 saturated carbocycles. The zero-order valence-corrected chi connectivity index (χ0v) is 23.7. The summed E-state index contributed by atoms with van der Waals surface area (Å²) >= 11 is 0. The summed E-state index contributed by atoms with van der Waals surface area (Å²) in [6.45, 7) is 17.3. The van der Waals surface area contributed by atoms with E-state index in [2.05, 4.69) is 27.7 Å². The second kappa shape index (κ2) is 8.17. The molecule has 0 aromatic heterocycles. The molecule has 0 unspecified atom stereocenters. The van der Waals surface area contributed by atoms with Gasteiger partial charge in [0.15, 0.2) is 0 Å². The molecule has 8 atom stereocenters. The van der Waals surface area contributed by atoms with Crippen LogP contribution >= 0.6 is 0 Å². The van der Waals surface area contributed by atoms with Gasteiger partial charge < -0.3 is 20.1 Å². The van der Waals surface area contributed by atoms with E-state index in [1.165, 1.54) is 6.42 Å². The van der Waals surface area contributed by atoms with Crippen molar-refractivity contribution >= 4 is 5.97 Å². The summed E-state index contributed by atoms with van der Waals surface area (Å²) in [5.41, 5.74) is -2.11. The number of hydrogen-bond donors (Lipinski definition) is 3. The number of carboxylic acid groups (broad SMARTS) is 1. The summed E-state index contributed by atoms with van der Waals surface area (Å²) < 4.78 is 7.09. The molecule has 1 heterocycles. The molecule has 0 amide bonds. The molecular formula is C30H52O5. The van der Waals surface area contributed by atoms with Crippen LogP contribution in [0.25, 0.3) is 0 Å². The van der Waals surface area contributed by atoms with Crippen molar-refractivity contribution in [2.45, 2.75) is 148 Å². The second-order valence-electron chi connectivity index (χ2n) is 14.9. The van der Waals surface area contributed by atoms with E-state index in [0.717, 1.165) is 51.4 Å². The first-order valence-corrected chi connectivity index (χ1v) is 14.3. The number of carboxylic acids is 1. The maximum atomic E-state index is 11.7. The van der Waals surface area contributed by atoms with E-state index in [4.69, 9.17) is 4.74 Å². The monoisotopic (exact) mass is 492 g/mol. The number of fused-ring (bicyclic) bond motifs is 1. The van der Waals surface area contributed by atoms with Crippen LogP contribution in [0.15, 0.2) is 0 Å². The first-order chi connectivity index (χ1) is 15.9. The summed E-state index contributed by atoms with van der Waals surface area (Å²) in [5.74, 6) is 0.513. The quantitative estimate of drug-likeness (QED) is 0.327. The molecule has 1 aliphatic heterocycles. The van der Waals surface area contributed by atoms with Gasteiger partial charge in [-0.2, -0.15) is 0 Å². The van der Waals surface area contributed by atoms with Gasteiger partial charge in [-0.05, 0) is 102 Å².